The van der Waals surface area contributed by atoms with E-state index in [2.05, 4.69) is 10.6 Å². The Hall–Kier alpha value is -2.89. The standard InChI is InChI=1S/C19H22N2O4/c1-11(2)16(19(24)25)21-17(22)12(3)20-18(23)15-10-6-8-13-7-4-5-9-14(13)15/h4-12,16H,1-3H3,(H,20,23)(H,21,22)(H,24,25)/t12-,16-/m0/s1. The Morgan fingerprint density at radius 2 is 1.56 bits per heavy atom. The molecule has 2 atom stereocenters. The molecule has 25 heavy (non-hydrogen) atoms. The Morgan fingerprint density at radius 1 is 0.920 bits per heavy atom. The van der Waals surface area contributed by atoms with Gasteiger partial charge in [-0.15, -0.1) is 0 Å². The van der Waals surface area contributed by atoms with E-state index in [0.717, 1.165) is 10.8 Å². The Balaban J connectivity index is 2.11. The van der Waals surface area contributed by atoms with Gasteiger partial charge < -0.3 is 15.7 Å². The van der Waals surface area contributed by atoms with Crippen molar-refractivity contribution in [2.24, 2.45) is 5.92 Å². The number of rotatable bonds is 6. The molecule has 2 amide bonds. The van der Waals surface area contributed by atoms with Gasteiger partial charge in [-0.3, -0.25) is 9.59 Å². The summed E-state index contributed by atoms with van der Waals surface area (Å²) in [6.07, 6.45) is 0. The molecule has 0 bridgehead atoms. The number of benzene rings is 2. The van der Waals surface area contributed by atoms with Crippen LogP contribution in [0.15, 0.2) is 42.5 Å². The molecule has 132 valence electrons. The van der Waals surface area contributed by atoms with Crippen molar-refractivity contribution >= 4 is 28.6 Å². The van der Waals surface area contributed by atoms with Gasteiger partial charge in [0.15, 0.2) is 0 Å². The molecule has 3 N–H and O–H groups in total. The lowest BCUT2D eigenvalue weighted by molar-refractivity contribution is -0.143. The minimum atomic E-state index is -1.10. The van der Waals surface area contributed by atoms with E-state index >= 15 is 0 Å². The quantitative estimate of drug-likeness (QED) is 0.750. The molecule has 0 radical (unpaired) electrons. The lowest BCUT2D eigenvalue weighted by atomic mass is 10.0. The molecule has 0 aliphatic rings. The van der Waals surface area contributed by atoms with Gasteiger partial charge in [-0.05, 0) is 29.7 Å². The van der Waals surface area contributed by atoms with Crippen LogP contribution < -0.4 is 10.6 Å². The highest BCUT2D eigenvalue weighted by atomic mass is 16.4. The first-order valence-corrected chi connectivity index (χ1v) is 8.13. The van der Waals surface area contributed by atoms with Crippen LogP contribution in [0.4, 0.5) is 0 Å². The van der Waals surface area contributed by atoms with Crippen molar-refractivity contribution in [3.63, 3.8) is 0 Å². The van der Waals surface area contributed by atoms with E-state index in [9.17, 15) is 14.4 Å². The van der Waals surface area contributed by atoms with E-state index in [-0.39, 0.29) is 11.8 Å². The average molecular weight is 342 g/mol. The van der Waals surface area contributed by atoms with Crippen LogP contribution in [0, 0.1) is 5.92 Å². The van der Waals surface area contributed by atoms with Gasteiger partial charge in [0.1, 0.15) is 12.1 Å². The van der Waals surface area contributed by atoms with Gasteiger partial charge in [0.2, 0.25) is 5.91 Å². The fourth-order valence-corrected chi connectivity index (χ4v) is 2.56. The van der Waals surface area contributed by atoms with Crippen molar-refractivity contribution in [2.75, 3.05) is 0 Å². The zero-order valence-electron chi connectivity index (χ0n) is 14.4. The highest BCUT2D eigenvalue weighted by molar-refractivity contribution is 6.08. The van der Waals surface area contributed by atoms with E-state index in [1.54, 1.807) is 26.0 Å². The zero-order valence-corrected chi connectivity index (χ0v) is 14.4. The van der Waals surface area contributed by atoms with Gasteiger partial charge >= 0.3 is 5.97 Å². The average Bonchev–Trinajstić information content (AvgIpc) is 2.58. The van der Waals surface area contributed by atoms with E-state index in [1.165, 1.54) is 6.92 Å². The molecule has 0 aromatic heterocycles. The number of aliphatic carboxylic acids is 1. The number of carbonyl (C=O) groups is 3. The normalized spacial score (nSPS) is 13.3. The second kappa shape index (κ2) is 7.79. The van der Waals surface area contributed by atoms with Crippen molar-refractivity contribution in [2.45, 2.75) is 32.9 Å². The third-order valence-electron chi connectivity index (χ3n) is 4.01. The lowest BCUT2D eigenvalue weighted by Crippen LogP contribution is -2.52. The molecule has 0 spiro atoms. The van der Waals surface area contributed by atoms with Gasteiger partial charge in [-0.25, -0.2) is 4.79 Å². The molecular weight excluding hydrogens is 320 g/mol. The van der Waals surface area contributed by atoms with Crippen LogP contribution in [0.2, 0.25) is 0 Å². The zero-order chi connectivity index (χ0) is 18.6. The predicted molar refractivity (Wildman–Crippen MR) is 95.3 cm³/mol. The summed E-state index contributed by atoms with van der Waals surface area (Å²) in [5.74, 6) is -2.27. The Morgan fingerprint density at radius 3 is 2.20 bits per heavy atom. The molecule has 0 aliphatic heterocycles. The van der Waals surface area contributed by atoms with Gasteiger partial charge in [-0.2, -0.15) is 0 Å². The summed E-state index contributed by atoms with van der Waals surface area (Å²) >= 11 is 0. The molecule has 0 saturated heterocycles. The summed E-state index contributed by atoms with van der Waals surface area (Å²) in [6, 6.07) is 11.0. The summed E-state index contributed by atoms with van der Waals surface area (Å²) in [7, 11) is 0. The lowest BCUT2D eigenvalue weighted by Gasteiger charge is -2.21. The van der Waals surface area contributed by atoms with Crippen LogP contribution in [0.1, 0.15) is 31.1 Å². The maximum absolute atomic E-state index is 12.5. The number of carboxylic acids is 1. The maximum atomic E-state index is 12.5. The minimum absolute atomic E-state index is 0.262. The third-order valence-corrected chi connectivity index (χ3v) is 4.01. The second-order valence-electron chi connectivity index (χ2n) is 6.29. The molecule has 0 aliphatic carbocycles. The molecule has 0 fully saturated rings. The Kier molecular flexibility index (Phi) is 5.75. The molecule has 2 aromatic carbocycles. The van der Waals surface area contributed by atoms with Crippen molar-refractivity contribution < 1.29 is 19.5 Å². The fraction of sp³-hybridized carbons (Fsp3) is 0.316. The maximum Gasteiger partial charge on any atom is 0.326 e. The highest BCUT2D eigenvalue weighted by Crippen LogP contribution is 2.18. The number of carboxylic acid groups (broad SMARTS) is 1. The summed E-state index contributed by atoms with van der Waals surface area (Å²) in [6.45, 7) is 4.94. The number of fused-ring (bicyclic) bond motifs is 1. The molecule has 2 rings (SSSR count). The van der Waals surface area contributed by atoms with Gasteiger partial charge in [0.25, 0.3) is 5.91 Å². The first kappa shape index (κ1) is 18.4. The first-order valence-electron chi connectivity index (χ1n) is 8.13. The summed E-state index contributed by atoms with van der Waals surface area (Å²) in [5.41, 5.74) is 0.469. The number of carbonyl (C=O) groups excluding carboxylic acids is 2. The largest absolute Gasteiger partial charge is 0.480 e. The van der Waals surface area contributed by atoms with Crippen LogP contribution >= 0.6 is 0 Å². The Bertz CT molecular complexity index is 796. The van der Waals surface area contributed by atoms with Crippen LogP contribution in [-0.2, 0) is 9.59 Å². The first-order chi connectivity index (χ1) is 11.8. The topological polar surface area (TPSA) is 95.5 Å². The molecule has 6 heteroatoms. The molecule has 0 unspecified atom stereocenters. The number of nitrogens with one attached hydrogen (secondary N) is 2. The van der Waals surface area contributed by atoms with Crippen molar-refractivity contribution in [3.8, 4) is 0 Å². The van der Waals surface area contributed by atoms with Crippen molar-refractivity contribution in [1.29, 1.82) is 0 Å². The Labute approximate surface area is 146 Å². The SMILES string of the molecule is CC(C)[C@H](NC(=O)[C@H](C)NC(=O)c1cccc2ccccc12)C(=O)O. The van der Waals surface area contributed by atoms with Gasteiger partial charge in [-0.1, -0.05) is 50.2 Å². The number of hydrogen-bond acceptors (Lipinski definition) is 3. The smallest absolute Gasteiger partial charge is 0.326 e. The summed E-state index contributed by atoms with van der Waals surface area (Å²) in [4.78, 5) is 35.9. The third kappa shape index (κ3) is 4.35. The molecule has 0 heterocycles. The monoisotopic (exact) mass is 342 g/mol. The van der Waals surface area contributed by atoms with Gasteiger partial charge in [0.05, 0.1) is 0 Å². The highest BCUT2D eigenvalue weighted by Gasteiger charge is 2.26. The molecular formula is C19H22N2O4. The van der Waals surface area contributed by atoms with E-state index in [1.807, 2.05) is 30.3 Å². The van der Waals surface area contributed by atoms with Crippen LogP contribution in [0.5, 0.6) is 0 Å². The predicted octanol–water partition coefficient (Wildman–Crippen LogP) is 2.18. The summed E-state index contributed by atoms with van der Waals surface area (Å²) in [5, 5.41) is 16.0. The fourth-order valence-electron chi connectivity index (χ4n) is 2.56. The molecule has 2 aromatic rings. The molecule has 6 nitrogen and oxygen atoms in total. The van der Waals surface area contributed by atoms with E-state index in [4.69, 9.17) is 5.11 Å². The summed E-state index contributed by atoms with van der Waals surface area (Å²) < 4.78 is 0. The second-order valence-corrected chi connectivity index (χ2v) is 6.29. The van der Waals surface area contributed by atoms with Crippen LogP contribution in [0.3, 0.4) is 0 Å². The minimum Gasteiger partial charge on any atom is -0.480 e. The van der Waals surface area contributed by atoms with E-state index < -0.39 is 24.0 Å². The number of hydrogen-bond donors (Lipinski definition) is 3. The van der Waals surface area contributed by atoms with E-state index in [0.29, 0.717) is 5.56 Å². The van der Waals surface area contributed by atoms with Crippen molar-refractivity contribution in [1.82, 2.24) is 10.6 Å². The van der Waals surface area contributed by atoms with Crippen LogP contribution in [0.25, 0.3) is 10.8 Å². The van der Waals surface area contributed by atoms with Crippen molar-refractivity contribution in [3.05, 3.63) is 48.0 Å². The number of amides is 2. The van der Waals surface area contributed by atoms with Gasteiger partial charge in [0, 0.05) is 5.56 Å². The molecule has 0 saturated carbocycles. The van der Waals surface area contributed by atoms with Crippen LogP contribution in [-0.4, -0.2) is 35.0 Å².